The molecule has 0 aliphatic carbocycles. The van der Waals surface area contributed by atoms with Crippen LogP contribution in [-0.2, 0) is 0 Å². The van der Waals surface area contributed by atoms with Crippen molar-refractivity contribution in [2.24, 2.45) is 0 Å². The molecule has 2 heterocycles. The largest absolute Gasteiger partial charge is 0.310 e. The number of nitrogens with zero attached hydrogens (tertiary/aromatic N) is 3. The van der Waals surface area contributed by atoms with Gasteiger partial charge in [0.25, 0.3) is 5.56 Å². The maximum Gasteiger partial charge on any atom is 0.255 e. The highest BCUT2D eigenvalue weighted by Crippen LogP contribution is 2.16. The quantitative estimate of drug-likeness (QED) is 0.760. The summed E-state index contributed by atoms with van der Waals surface area (Å²) in [6, 6.07) is -0.158. The molecule has 0 radical (unpaired) electrons. The molecule has 102 valence electrons. The Morgan fingerprint density at radius 1 is 1.26 bits per heavy atom. The summed E-state index contributed by atoms with van der Waals surface area (Å²) in [6.45, 7) is 7.51. The first-order valence-corrected chi connectivity index (χ1v) is 6.17. The van der Waals surface area contributed by atoms with Crippen molar-refractivity contribution in [2.75, 3.05) is 0 Å². The first-order chi connectivity index (χ1) is 8.99. The van der Waals surface area contributed by atoms with Gasteiger partial charge in [-0.3, -0.25) is 9.89 Å². The molecule has 0 aliphatic heterocycles. The molecule has 0 spiro atoms. The SMILES string of the molecule is Cc1nc(C)c(C(C)NC(C)c2ncn[nH]2)c(=O)[nH]1. The Bertz CT molecular complexity index is 603. The van der Waals surface area contributed by atoms with Gasteiger partial charge < -0.3 is 10.3 Å². The van der Waals surface area contributed by atoms with E-state index in [-0.39, 0.29) is 17.6 Å². The van der Waals surface area contributed by atoms with E-state index in [1.165, 1.54) is 6.33 Å². The molecule has 2 atom stereocenters. The van der Waals surface area contributed by atoms with Crippen LogP contribution in [0.15, 0.2) is 11.1 Å². The molecular weight excluding hydrogens is 244 g/mol. The van der Waals surface area contributed by atoms with Gasteiger partial charge in [-0.15, -0.1) is 0 Å². The van der Waals surface area contributed by atoms with E-state index >= 15 is 0 Å². The highest BCUT2D eigenvalue weighted by atomic mass is 16.1. The normalized spacial score (nSPS) is 14.3. The number of aromatic nitrogens is 5. The summed E-state index contributed by atoms with van der Waals surface area (Å²) in [7, 11) is 0. The summed E-state index contributed by atoms with van der Waals surface area (Å²) in [4.78, 5) is 23.1. The minimum absolute atomic E-state index is 0.0300. The number of rotatable bonds is 4. The number of aromatic amines is 2. The number of aryl methyl sites for hydroxylation is 2. The van der Waals surface area contributed by atoms with Crippen LogP contribution in [0, 0.1) is 13.8 Å². The second-order valence-corrected chi connectivity index (χ2v) is 4.63. The zero-order valence-corrected chi connectivity index (χ0v) is 11.5. The van der Waals surface area contributed by atoms with E-state index in [4.69, 9.17) is 0 Å². The second-order valence-electron chi connectivity index (χ2n) is 4.63. The summed E-state index contributed by atoms with van der Waals surface area (Å²) >= 11 is 0. The smallest absolute Gasteiger partial charge is 0.255 e. The molecule has 2 unspecified atom stereocenters. The summed E-state index contributed by atoms with van der Waals surface area (Å²) in [5, 5.41) is 9.93. The van der Waals surface area contributed by atoms with Crippen molar-refractivity contribution in [3.05, 3.63) is 39.6 Å². The Balaban J connectivity index is 2.21. The predicted molar refractivity (Wildman–Crippen MR) is 70.7 cm³/mol. The molecule has 2 rings (SSSR count). The highest BCUT2D eigenvalue weighted by Gasteiger charge is 2.18. The van der Waals surface area contributed by atoms with E-state index in [1.807, 2.05) is 20.8 Å². The Hall–Kier alpha value is -2.02. The van der Waals surface area contributed by atoms with E-state index in [1.54, 1.807) is 6.92 Å². The molecule has 0 aromatic carbocycles. The highest BCUT2D eigenvalue weighted by molar-refractivity contribution is 5.20. The first kappa shape index (κ1) is 13.4. The molecule has 2 aromatic heterocycles. The Morgan fingerprint density at radius 3 is 2.58 bits per heavy atom. The van der Waals surface area contributed by atoms with Crippen LogP contribution in [0.1, 0.15) is 48.8 Å². The molecule has 7 nitrogen and oxygen atoms in total. The van der Waals surface area contributed by atoms with E-state index < -0.39 is 0 Å². The van der Waals surface area contributed by atoms with Gasteiger partial charge in [-0.05, 0) is 27.7 Å². The van der Waals surface area contributed by atoms with Crippen molar-refractivity contribution in [3.8, 4) is 0 Å². The molecule has 0 saturated heterocycles. The molecule has 0 amide bonds. The van der Waals surface area contributed by atoms with Crippen LogP contribution in [0.25, 0.3) is 0 Å². The van der Waals surface area contributed by atoms with Gasteiger partial charge in [-0.2, -0.15) is 5.10 Å². The van der Waals surface area contributed by atoms with Gasteiger partial charge >= 0.3 is 0 Å². The molecule has 7 heteroatoms. The molecular formula is C12H18N6O. The lowest BCUT2D eigenvalue weighted by Crippen LogP contribution is -2.30. The van der Waals surface area contributed by atoms with E-state index in [0.717, 1.165) is 11.5 Å². The topological polar surface area (TPSA) is 99.3 Å². The lowest BCUT2D eigenvalue weighted by atomic mass is 10.1. The fraction of sp³-hybridized carbons (Fsp3) is 0.500. The van der Waals surface area contributed by atoms with Crippen LogP contribution in [0.4, 0.5) is 0 Å². The van der Waals surface area contributed by atoms with Crippen molar-refractivity contribution in [1.29, 1.82) is 0 Å². The van der Waals surface area contributed by atoms with Gasteiger partial charge in [0.15, 0.2) is 0 Å². The monoisotopic (exact) mass is 262 g/mol. The van der Waals surface area contributed by atoms with Gasteiger partial charge in [0.1, 0.15) is 18.0 Å². The second kappa shape index (κ2) is 5.31. The van der Waals surface area contributed by atoms with Crippen molar-refractivity contribution in [2.45, 2.75) is 39.8 Å². The lowest BCUT2D eigenvalue weighted by molar-refractivity contribution is 0.471. The molecule has 0 saturated carbocycles. The van der Waals surface area contributed by atoms with E-state index in [2.05, 4.69) is 30.5 Å². The molecule has 19 heavy (non-hydrogen) atoms. The molecule has 0 fully saturated rings. The van der Waals surface area contributed by atoms with Gasteiger partial charge in [-0.25, -0.2) is 9.97 Å². The van der Waals surface area contributed by atoms with Crippen LogP contribution in [-0.4, -0.2) is 25.1 Å². The maximum atomic E-state index is 12.0. The van der Waals surface area contributed by atoms with E-state index in [0.29, 0.717) is 11.4 Å². The van der Waals surface area contributed by atoms with Crippen LogP contribution < -0.4 is 10.9 Å². The summed E-state index contributed by atoms with van der Waals surface area (Å²) < 4.78 is 0. The number of nitrogens with one attached hydrogen (secondary N) is 3. The van der Waals surface area contributed by atoms with Crippen molar-refractivity contribution < 1.29 is 0 Å². The Morgan fingerprint density at radius 2 is 2.00 bits per heavy atom. The van der Waals surface area contributed by atoms with Gasteiger partial charge in [0, 0.05) is 11.7 Å². The molecule has 2 aromatic rings. The van der Waals surface area contributed by atoms with Crippen LogP contribution in [0.3, 0.4) is 0 Å². The first-order valence-electron chi connectivity index (χ1n) is 6.17. The zero-order chi connectivity index (χ0) is 14.0. The third-order valence-corrected chi connectivity index (χ3v) is 3.04. The number of hydrogen-bond acceptors (Lipinski definition) is 5. The molecule has 0 bridgehead atoms. The summed E-state index contributed by atoms with van der Waals surface area (Å²) in [5.74, 6) is 1.36. The van der Waals surface area contributed by atoms with Crippen molar-refractivity contribution >= 4 is 0 Å². The summed E-state index contributed by atoms with van der Waals surface area (Å²) in [6.07, 6.45) is 1.46. The van der Waals surface area contributed by atoms with Crippen molar-refractivity contribution in [1.82, 2.24) is 30.5 Å². The Labute approximate surface area is 110 Å². The number of hydrogen-bond donors (Lipinski definition) is 3. The van der Waals surface area contributed by atoms with Gasteiger partial charge in [-0.1, -0.05) is 0 Å². The van der Waals surface area contributed by atoms with E-state index in [9.17, 15) is 4.79 Å². The average Bonchev–Trinajstić information content (AvgIpc) is 2.80. The van der Waals surface area contributed by atoms with Crippen LogP contribution in [0.5, 0.6) is 0 Å². The lowest BCUT2D eigenvalue weighted by Gasteiger charge is -2.19. The standard InChI is InChI=1S/C12H18N6O/c1-6(15-8(3)11-13-5-14-18-11)10-7(2)16-9(4)17-12(10)19/h5-6,8,15H,1-4H3,(H,13,14,18)(H,16,17,19). The average molecular weight is 262 g/mol. The zero-order valence-electron chi connectivity index (χ0n) is 11.5. The molecule has 0 aliphatic rings. The third kappa shape index (κ3) is 2.87. The van der Waals surface area contributed by atoms with Crippen LogP contribution >= 0.6 is 0 Å². The predicted octanol–water partition coefficient (Wildman–Crippen LogP) is 0.917. The fourth-order valence-electron chi connectivity index (χ4n) is 2.21. The molecule has 3 N–H and O–H groups in total. The minimum Gasteiger partial charge on any atom is -0.310 e. The van der Waals surface area contributed by atoms with Crippen molar-refractivity contribution in [3.63, 3.8) is 0 Å². The number of H-pyrrole nitrogens is 2. The minimum atomic E-state index is -0.128. The van der Waals surface area contributed by atoms with Gasteiger partial charge in [0.2, 0.25) is 0 Å². The maximum absolute atomic E-state index is 12.0. The third-order valence-electron chi connectivity index (χ3n) is 3.04. The summed E-state index contributed by atoms with van der Waals surface area (Å²) in [5.41, 5.74) is 1.29. The van der Waals surface area contributed by atoms with Gasteiger partial charge in [0.05, 0.1) is 11.6 Å². The van der Waals surface area contributed by atoms with Crippen LogP contribution in [0.2, 0.25) is 0 Å². The fourth-order valence-corrected chi connectivity index (χ4v) is 2.21. The Kier molecular flexibility index (Phi) is 3.75.